The normalized spacial score (nSPS) is 13.9. The van der Waals surface area contributed by atoms with Crippen molar-refractivity contribution in [1.29, 1.82) is 0 Å². The molecule has 13 nitrogen and oxygen atoms in total. The number of morpholine rings is 1. The maximum Gasteiger partial charge on any atom is 0.337 e. The van der Waals surface area contributed by atoms with Crippen molar-refractivity contribution < 1.29 is 27.8 Å². The molecule has 1 aliphatic rings. The topological polar surface area (TPSA) is 141 Å². The molecule has 4 heterocycles. The predicted molar refractivity (Wildman–Crippen MR) is 173 cm³/mol. The summed E-state index contributed by atoms with van der Waals surface area (Å²) in [6, 6.07) is 5.29. The van der Waals surface area contributed by atoms with Gasteiger partial charge in [0.05, 0.1) is 30.3 Å². The van der Waals surface area contributed by atoms with E-state index in [2.05, 4.69) is 15.3 Å². The van der Waals surface area contributed by atoms with E-state index in [4.69, 9.17) is 9.47 Å². The maximum absolute atomic E-state index is 15.2. The van der Waals surface area contributed by atoms with E-state index in [-0.39, 0.29) is 29.9 Å². The maximum atomic E-state index is 15.2. The third-order valence-corrected chi connectivity index (χ3v) is 8.32. The molecule has 1 saturated heterocycles. The Morgan fingerprint density at radius 1 is 1.06 bits per heavy atom. The van der Waals surface area contributed by atoms with Gasteiger partial charge in [-0.25, -0.2) is 27.9 Å². The molecule has 0 spiro atoms. The van der Waals surface area contributed by atoms with Gasteiger partial charge in [0.2, 0.25) is 0 Å². The second-order valence-corrected chi connectivity index (χ2v) is 11.2. The Kier molecular flexibility index (Phi) is 10.9. The number of aromatic nitrogens is 4. The Morgan fingerprint density at radius 3 is 2.42 bits per heavy atom. The molecule has 0 radical (unpaired) electrons. The number of aryl methyl sites for hydroxylation is 1. The Labute approximate surface area is 274 Å². The summed E-state index contributed by atoms with van der Waals surface area (Å²) in [5.74, 6) is -4.05. The van der Waals surface area contributed by atoms with Crippen molar-refractivity contribution in [3.63, 3.8) is 0 Å². The number of halogens is 2. The number of likely N-dealkylation sites (N-methyl/N-ethyl adjacent to an activating group) is 1. The molecule has 0 saturated carbocycles. The van der Waals surface area contributed by atoms with Gasteiger partial charge in [-0.05, 0) is 42.9 Å². The summed E-state index contributed by atoms with van der Waals surface area (Å²) in [6.45, 7) is 7.62. The summed E-state index contributed by atoms with van der Waals surface area (Å²) >= 11 is 0. The van der Waals surface area contributed by atoms with E-state index in [1.54, 1.807) is 4.90 Å². The molecule has 1 aromatic carbocycles. The quantitative estimate of drug-likeness (QED) is 0.223. The fraction of sp³-hybridized carbons (Fsp3) is 0.394. The minimum absolute atomic E-state index is 0.0325. The van der Waals surface area contributed by atoms with Crippen molar-refractivity contribution >= 4 is 28.5 Å². The third kappa shape index (κ3) is 7.42. The number of benzene rings is 1. The van der Waals surface area contributed by atoms with Crippen molar-refractivity contribution in [3.8, 4) is 5.82 Å². The second kappa shape index (κ2) is 15.3. The zero-order valence-corrected chi connectivity index (χ0v) is 26.9. The van der Waals surface area contributed by atoms with Crippen LogP contribution in [0.1, 0.15) is 29.8 Å². The van der Waals surface area contributed by atoms with E-state index in [0.29, 0.717) is 43.9 Å². The first-order valence-corrected chi connectivity index (χ1v) is 15.7. The minimum Gasteiger partial charge on any atom is -0.463 e. The minimum atomic E-state index is -1.34. The average Bonchev–Trinajstić information content (AvgIpc) is 3.09. The highest BCUT2D eigenvalue weighted by molar-refractivity contribution is 5.97. The van der Waals surface area contributed by atoms with Gasteiger partial charge in [0.15, 0.2) is 0 Å². The van der Waals surface area contributed by atoms with Gasteiger partial charge in [-0.1, -0.05) is 19.9 Å². The smallest absolute Gasteiger partial charge is 0.337 e. The van der Waals surface area contributed by atoms with Crippen LogP contribution in [0.4, 0.5) is 14.5 Å². The Morgan fingerprint density at radius 2 is 1.77 bits per heavy atom. The number of carbonyl (C=O) groups is 2. The highest BCUT2D eigenvalue weighted by Crippen LogP contribution is 2.23. The second-order valence-electron chi connectivity index (χ2n) is 11.2. The number of anilines is 1. The van der Waals surface area contributed by atoms with Crippen LogP contribution in [0.25, 0.3) is 16.7 Å². The Hall–Kier alpha value is -5.02. The van der Waals surface area contributed by atoms with Gasteiger partial charge in [-0.15, -0.1) is 0 Å². The van der Waals surface area contributed by atoms with Crippen molar-refractivity contribution in [2.45, 2.75) is 26.3 Å². The van der Waals surface area contributed by atoms with Crippen LogP contribution >= 0.6 is 0 Å². The molecule has 0 aliphatic carbocycles. The molecule has 48 heavy (non-hydrogen) atoms. The molecule has 1 aliphatic heterocycles. The molecule has 4 aromatic rings. The van der Waals surface area contributed by atoms with Crippen LogP contribution in [0, 0.1) is 11.6 Å². The lowest BCUT2D eigenvalue weighted by atomic mass is 10.1. The lowest BCUT2D eigenvalue weighted by molar-refractivity contribution is -0.146. The fourth-order valence-corrected chi connectivity index (χ4v) is 5.52. The highest BCUT2D eigenvalue weighted by Gasteiger charge is 2.28. The Bertz CT molecular complexity index is 1880. The summed E-state index contributed by atoms with van der Waals surface area (Å²) in [7, 11) is 1.51. The van der Waals surface area contributed by atoms with Gasteiger partial charge in [-0.3, -0.25) is 19.1 Å². The van der Waals surface area contributed by atoms with Gasteiger partial charge < -0.3 is 24.6 Å². The van der Waals surface area contributed by atoms with E-state index >= 15 is 8.78 Å². The molecule has 1 fully saturated rings. The summed E-state index contributed by atoms with van der Waals surface area (Å²) in [5.41, 5.74) is -0.985. The molecule has 254 valence electrons. The van der Waals surface area contributed by atoms with Crippen LogP contribution in [0.3, 0.4) is 0 Å². The number of rotatable bonds is 12. The number of carbonyl (C=O) groups excluding carboxylic acids is 2. The van der Waals surface area contributed by atoms with Crippen LogP contribution < -0.4 is 21.5 Å². The molecule has 5 rings (SSSR count). The number of amides is 1. The summed E-state index contributed by atoms with van der Waals surface area (Å²) in [4.78, 5) is 64.8. The number of ether oxygens (including phenoxy) is 2. The highest BCUT2D eigenvalue weighted by atomic mass is 19.1. The number of fused-ring (bicyclic) bond motifs is 1. The summed E-state index contributed by atoms with van der Waals surface area (Å²) < 4.78 is 43.4. The number of pyridine rings is 2. The van der Waals surface area contributed by atoms with E-state index in [9.17, 15) is 19.2 Å². The van der Waals surface area contributed by atoms with Crippen molar-refractivity contribution in [2.75, 3.05) is 57.4 Å². The zero-order chi connectivity index (χ0) is 34.4. The first kappa shape index (κ1) is 34.3. The zero-order valence-electron chi connectivity index (χ0n) is 26.9. The van der Waals surface area contributed by atoms with E-state index in [1.807, 2.05) is 18.7 Å². The molecular formula is C33H37F2N7O6. The molecule has 1 unspecified atom stereocenters. The lowest BCUT2D eigenvalue weighted by Crippen LogP contribution is -2.44. The molecule has 1 amide bonds. The average molecular weight is 666 g/mol. The van der Waals surface area contributed by atoms with Crippen LogP contribution in [-0.2, 0) is 27.7 Å². The molecule has 15 heteroatoms. The number of nitrogens with one attached hydrogen (secondary N) is 1. The van der Waals surface area contributed by atoms with Crippen LogP contribution in [0.2, 0.25) is 0 Å². The van der Waals surface area contributed by atoms with Crippen LogP contribution in [0.15, 0.2) is 58.5 Å². The van der Waals surface area contributed by atoms with Crippen molar-refractivity contribution in [2.24, 2.45) is 7.05 Å². The molecule has 3 aromatic heterocycles. The number of nitrogens with zero attached hydrogens (tertiary/aromatic N) is 6. The van der Waals surface area contributed by atoms with Crippen molar-refractivity contribution in [3.05, 3.63) is 92.5 Å². The number of hydrogen-bond acceptors (Lipinski definition) is 10. The number of hydrogen-bond donors (Lipinski definition) is 1. The van der Waals surface area contributed by atoms with Gasteiger partial charge in [0, 0.05) is 51.2 Å². The van der Waals surface area contributed by atoms with Gasteiger partial charge in [0.25, 0.3) is 11.5 Å². The van der Waals surface area contributed by atoms with Gasteiger partial charge in [-0.2, -0.15) is 0 Å². The summed E-state index contributed by atoms with van der Waals surface area (Å²) in [6.07, 6.45) is 4.05. The van der Waals surface area contributed by atoms with Gasteiger partial charge in [0.1, 0.15) is 35.7 Å². The van der Waals surface area contributed by atoms with E-state index in [0.717, 1.165) is 29.8 Å². The fourth-order valence-electron chi connectivity index (χ4n) is 5.52. The van der Waals surface area contributed by atoms with E-state index < -0.39 is 46.4 Å². The van der Waals surface area contributed by atoms with Crippen molar-refractivity contribution in [1.82, 2.24) is 29.3 Å². The third-order valence-electron chi connectivity index (χ3n) is 8.32. The molecule has 0 bridgehead atoms. The first-order valence-electron chi connectivity index (χ1n) is 15.7. The summed E-state index contributed by atoms with van der Waals surface area (Å²) in [5, 5.41) is 2.71. The monoisotopic (exact) mass is 665 g/mol. The van der Waals surface area contributed by atoms with Gasteiger partial charge >= 0.3 is 11.7 Å². The lowest BCUT2D eigenvalue weighted by Gasteiger charge is -2.29. The Balaban J connectivity index is 1.39. The molecular weight excluding hydrogens is 628 g/mol. The first-order chi connectivity index (χ1) is 23.1. The predicted octanol–water partition coefficient (Wildman–Crippen LogP) is 1.82. The molecule has 1 atom stereocenters. The van der Waals surface area contributed by atoms with E-state index in [1.165, 1.54) is 48.4 Å². The van der Waals surface area contributed by atoms with Crippen LogP contribution in [0.5, 0.6) is 0 Å². The van der Waals surface area contributed by atoms with Crippen LogP contribution in [-0.4, -0.2) is 94.5 Å². The number of esters is 1. The molecule has 1 N–H and O–H groups in total. The largest absolute Gasteiger partial charge is 0.463 e. The SMILES string of the molecule is CCN(CC)CCOC(=O)C(Cc1ccc(-n2c(=O)c3ccncc3n(C)c2=O)nc1)NC(=O)c1c(F)cc(N2CCOCC2)cc1F. The standard InChI is InChI=1S/C33H37F2N7O6/c1-4-40(5-2)10-15-48-32(45)26(38-30(43)29-24(34)17-22(18-25(29)35)41-11-13-47-14-12-41)16-21-6-7-28(37-19-21)42-31(44)23-8-9-36-20-27(23)39(3)33(42)46/h6-9,17-20,26H,4-5,10-16H2,1-3H3,(H,38,43).